The summed E-state index contributed by atoms with van der Waals surface area (Å²) in [5.41, 5.74) is 20.1. The SMILES string of the molecule is NC(=O)NCCC[C@H](NN[C@@H](CCC(N)C(N)=O)C(=O)O)C(=O)O. The molecule has 3 amide bonds. The van der Waals surface area contributed by atoms with Crippen LogP contribution in [0.1, 0.15) is 25.7 Å². The van der Waals surface area contributed by atoms with E-state index in [-0.39, 0.29) is 25.8 Å². The Morgan fingerprint density at radius 3 is 1.79 bits per heavy atom. The Bertz CT molecular complexity index is 459. The topological polar surface area (TPSA) is 223 Å². The van der Waals surface area contributed by atoms with E-state index in [1.54, 1.807) is 0 Å². The van der Waals surface area contributed by atoms with E-state index in [0.717, 1.165) is 0 Å². The van der Waals surface area contributed by atoms with Gasteiger partial charge >= 0.3 is 18.0 Å². The van der Waals surface area contributed by atoms with Gasteiger partial charge in [-0.05, 0) is 25.7 Å². The summed E-state index contributed by atoms with van der Waals surface area (Å²) in [5.74, 6) is -3.18. The monoisotopic (exact) mass is 348 g/mol. The predicted octanol–water partition coefficient (Wildman–Crippen LogP) is -2.97. The maximum Gasteiger partial charge on any atom is 0.322 e. The molecular weight excluding hydrogens is 324 g/mol. The number of hydrogen-bond acceptors (Lipinski definition) is 7. The molecule has 0 heterocycles. The molecular formula is C12H24N6O6. The van der Waals surface area contributed by atoms with Crippen molar-refractivity contribution in [3.63, 3.8) is 0 Å². The average Bonchev–Trinajstić information content (AvgIpc) is 2.47. The molecule has 3 atom stereocenters. The van der Waals surface area contributed by atoms with Crippen LogP contribution >= 0.6 is 0 Å². The van der Waals surface area contributed by atoms with Gasteiger partial charge in [-0.2, -0.15) is 0 Å². The first kappa shape index (κ1) is 21.6. The van der Waals surface area contributed by atoms with Gasteiger partial charge in [-0.25, -0.2) is 15.6 Å². The van der Waals surface area contributed by atoms with Crippen LogP contribution in [0.5, 0.6) is 0 Å². The molecule has 0 bridgehead atoms. The highest BCUT2D eigenvalue weighted by atomic mass is 16.4. The van der Waals surface area contributed by atoms with Crippen molar-refractivity contribution in [3.8, 4) is 0 Å². The van der Waals surface area contributed by atoms with Crippen LogP contribution in [0.15, 0.2) is 0 Å². The second kappa shape index (κ2) is 11.2. The summed E-state index contributed by atoms with van der Waals surface area (Å²) in [6.07, 6.45) is 0.442. The fraction of sp³-hybridized carbons (Fsp3) is 0.667. The summed E-state index contributed by atoms with van der Waals surface area (Å²) in [4.78, 5) is 43.6. The Balaban J connectivity index is 4.39. The Kier molecular flexibility index (Phi) is 10.0. The van der Waals surface area contributed by atoms with Crippen molar-refractivity contribution < 1.29 is 29.4 Å². The first-order valence-electron chi connectivity index (χ1n) is 7.20. The van der Waals surface area contributed by atoms with Gasteiger partial charge in [0, 0.05) is 6.54 Å². The molecule has 1 unspecified atom stereocenters. The van der Waals surface area contributed by atoms with E-state index in [1.807, 2.05) is 0 Å². The van der Waals surface area contributed by atoms with Crippen LogP contribution in [0.4, 0.5) is 4.79 Å². The van der Waals surface area contributed by atoms with E-state index < -0.39 is 42.0 Å². The van der Waals surface area contributed by atoms with Crippen molar-refractivity contribution in [3.05, 3.63) is 0 Å². The number of hydrazine groups is 1. The molecule has 12 nitrogen and oxygen atoms in total. The van der Waals surface area contributed by atoms with Gasteiger partial charge in [0.05, 0.1) is 6.04 Å². The number of rotatable bonds is 13. The molecule has 11 N–H and O–H groups in total. The summed E-state index contributed by atoms with van der Waals surface area (Å²) >= 11 is 0. The Labute approximate surface area is 138 Å². The summed E-state index contributed by atoms with van der Waals surface area (Å²) in [6, 6.07) is -3.93. The van der Waals surface area contributed by atoms with Crippen LogP contribution in [-0.2, 0) is 14.4 Å². The number of nitrogens with one attached hydrogen (secondary N) is 3. The van der Waals surface area contributed by atoms with Crippen molar-refractivity contribution in [2.75, 3.05) is 6.54 Å². The number of nitrogens with two attached hydrogens (primary N) is 3. The Morgan fingerprint density at radius 1 is 0.875 bits per heavy atom. The second-order valence-electron chi connectivity index (χ2n) is 5.09. The molecule has 0 aromatic rings. The minimum atomic E-state index is -1.24. The molecule has 0 aliphatic heterocycles. The van der Waals surface area contributed by atoms with Gasteiger partial charge < -0.3 is 32.7 Å². The zero-order valence-corrected chi connectivity index (χ0v) is 13.0. The van der Waals surface area contributed by atoms with Crippen LogP contribution in [0.3, 0.4) is 0 Å². The zero-order chi connectivity index (χ0) is 18.7. The average molecular weight is 348 g/mol. The maximum atomic E-state index is 11.1. The lowest BCUT2D eigenvalue weighted by molar-refractivity contribution is -0.143. The standard InChI is InChI=1S/C12H24N6O6/c13-6(9(14)19)3-4-8(11(22)23)18-17-7(10(20)21)2-1-5-16-12(15)24/h6-8,17-18H,1-5,13H2,(H2,14,19)(H,20,21)(H,22,23)(H3,15,16,24)/t6?,7-,8-/m0/s1. The largest absolute Gasteiger partial charge is 0.480 e. The minimum absolute atomic E-state index is 0.0258. The van der Waals surface area contributed by atoms with Crippen molar-refractivity contribution in [1.82, 2.24) is 16.2 Å². The van der Waals surface area contributed by atoms with Crippen LogP contribution in [-0.4, -0.2) is 58.8 Å². The molecule has 12 heteroatoms. The lowest BCUT2D eigenvalue weighted by Crippen LogP contribution is -2.53. The Hall–Kier alpha value is -2.44. The van der Waals surface area contributed by atoms with E-state index in [4.69, 9.17) is 27.4 Å². The fourth-order valence-corrected chi connectivity index (χ4v) is 1.72. The molecule has 0 saturated heterocycles. The molecule has 0 aliphatic rings. The van der Waals surface area contributed by atoms with Crippen molar-refractivity contribution in [1.29, 1.82) is 0 Å². The predicted molar refractivity (Wildman–Crippen MR) is 82.3 cm³/mol. The first-order valence-corrected chi connectivity index (χ1v) is 7.20. The summed E-state index contributed by atoms with van der Waals surface area (Å²) in [6.45, 7) is 0.191. The van der Waals surface area contributed by atoms with Gasteiger partial charge in [0.2, 0.25) is 5.91 Å². The maximum absolute atomic E-state index is 11.1. The van der Waals surface area contributed by atoms with Crippen LogP contribution < -0.4 is 33.4 Å². The molecule has 0 aromatic heterocycles. The second-order valence-corrected chi connectivity index (χ2v) is 5.09. The van der Waals surface area contributed by atoms with Crippen molar-refractivity contribution in [2.45, 2.75) is 43.8 Å². The van der Waals surface area contributed by atoms with E-state index in [2.05, 4.69) is 16.2 Å². The number of carbonyl (C=O) groups is 4. The van der Waals surface area contributed by atoms with Gasteiger partial charge in [-0.15, -0.1) is 0 Å². The molecule has 0 saturated carbocycles. The lowest BCUT2D eigenvalue weighted by atomic mass is 10.1. The summed E-state index contributed by atoms with van der Waals surface area (Å²) < 4.78 is 0. The van der Waals surface area contributed by atoms with Crippen LogP contribution in [0, 0.1) is 0 Å². The van der Waals surface area contributed by atoms with E-state index in [9.17, 15) is 19.2 Å². The number of amides is 3. The third kappa shape index (κ3) is 9.55. The smallest absolute Gasteiger partial charge is 0.322 e. The highest BCUT2D eigenvalue weighted by Crippen LogP contribution is 2.02. The van der Waals surface area contributed by atoms with Gasteiger partial charge in [0.25, 0.3) is 0 Å². The molecule has 0 rings (SSSR count). The number of urea groups is 1. The molecule has 138 valence electrons. The van der Waals surface area contributed by atoms with E-state index in [1.165, 1.54) is 0 Å². The number of carbonyl (C=O) groups excluding carboxylic acids is 2. The van der Waals surface area contributed by atoms with Crippen molar-refractivity contribution in [2.24, 2.45) is 17.2 Å². The first-order chi connectivity index (χ1) is 11.1. The molecule has 0 spiro atoms. The van der Waals surface area contributed by atoms with Gasteiger partial charge in [0.1, 0.15) is 12.1 Å². The number of carboxylic acid groups (broad SMARTS) is 2. The molecule has 0 fully saturated rings. The van der Waals surface area contributed by atoms with Crippen molar-refractivity contribution >= 4 is 23.9 Å². The molecule has 0 aliphatic carbocycles. The third-order valence-electron chi connectivity index (χ3n) is 3.13. The molecule has 24 heavy (non-hydrogen) atoms. The highest BCUT2D eigenvalue weighted by molar-refractivity contribution is 5.79. The van der Waals surface area contributed by atoms with Crippen LogP contribution in [0.2, 0.25) is 0 Å². The molecule has 0 radical (unpaired) electrons. The lowest BCUT2D eigenvalue weighted by Gasteiger charge is -2.20. The normalized spacial score (nSPS) is 14.4. The fourth-order valence-electron chi connectivity index (χ4n) is 1.72. The van der Waals surface area contributed by atoms with Gasteiger partial charge in [0.15, 0.2) is 0 Å². The van der Waals surface area contributed by atoms with Crippen LogP contribution in [0.25, 0.3) is 0 Å². The van der Waals surface area contributed by atoms with E-state index in [0.29, 0.717) is 6.42 Å². The highest BCUT2D eigenvalue weighted by Gasteiger charge is 2.23. The van der Waals surface area contributed by atoms with Gasteiger partial charge in [-0.3, -0.25) is 14.4 Å². The molecule has 0 aromatic carbocycles. The minimum Gasteiger partial charge on any atom is -0.480 e. The third-order valence-corrected chi connectivity index (χ3v) is 3.13. The quantitative estimate of drug-likeness (QED) is 0.125. The number of aliphatic carboxylic acids is 2. The van der Waals surface area contributed by atoms with E-state index >= 15 is 0 Å². The number of primary amides is 2. The Morgan fingerprint density at radius 2 is 1.38 bits per heavy atom. The summed E-state index contributed by atoms with van der Waals surface area (Å²) in [7, 11) is 0. The summed E-state index contributed by atoms with van der Waals surface area (Å²) in [5, 5.41) is 20.5. The number of carboxylic acids is 2. The van der Waals surface area contributed by atoms with Gasteiger partial charge in [-0.1, -0.05) is 0 Å². The zero-order valence-electron chi connectivity index (χ0n) is 13.0. The number of hydrogen-bond donors (Lipinski definition) is 8.